The van der Waals surface area contributed by atoms with E-state index < -0.39 is 0 Å². The quantitative estimate of drug-likeness (QED) is 0.406. The number of benzene rings is 2. The van der Waals surface area contributed by atoms with E-state index in [0.29, 0.717) is 12.3 Å². The Morgan fingerprint density at radius 3 is 2.38 bits per heavy atom. The van der Waals surface area contributed by atoms with Gasteiger partial charge in [0.2, 0.25) is 0 Å². The van der Waals surface area contributed by atoms with Gasteiger partial charge >= 0.3 is 0 Å². The number of anilines is 2. The van der Waals surface area contributed by atoms with Gasteiger partial charge in [0.1, 0.15) is 17.2 Å². The number of rotatable bonds is 6. The molecule has 5 nitrogen and oxygen atoms in total. The summed E-state index contributed by atoms with van der Waals surface area (Å²) in [5.41, 5.74) is 3.40. The Morgan fingerprint density at radius 2 is 1.66 bits per heavy atom. The van der Waals surface area contributed by atoms with Gasteiger partial charge in [0.25, 0.3) is 0 Å². The Bertz CT molecular complexity index is 1090. The lowest BCUT2D eigenvalue weighted by molar-refractivity contribution is 0.337. The lowest BCUT2D eigenvalue weighted by atomic mass is 10.2. The largest absolute Gasteiger partial charge is 0.492 e. The van der Waals surface area contributed by atoms with E-state index >= 15 is 0 Å². The van der Waals surface area contributed by atoms with Crippen LogP contribution in [0, 0.1) is 6.92 Å². The minimum atomic E-state index is 0. The molecule has 2 aromatic carbocycles. The van der Waals surface area contributed by atoms with Gasteiger partial charge in [-0.1, -0.05) is 18.2 Å². The number of fused-ring (bicyclic) bond motifs is 1. The molecule has 4 rings (SSSR count). The fourth-order valence-corrected chi connectivity index (χ4v) is 2.94. The number of ether oxygens (including phenoxy) is 2. The summed E-state index contributed by atoms with van der Waals surface area (Å²) < 4.78 is 11.5. The molecule has 0 saturated carbocycles. The molecule has 0 spiro atoms. The second kappa shape index (κ2) is 9.26. The molecule has 0 aliphatic carbocycles. The maximum absolute atomic E-state index is 5.85. The number of nitrogens with one attached hydrogen (secondary N) is 1. The van der Waals surface area contributed by atoms with Gasteiger partial charge in [0.05, 0.1) is 18.0 Å². The number of nitrogens with zero attached hydrogens (tertiary/aromatic N) is 2. The third kappa shape index (κ3) is 4.76. The first-order valence-corrected chi connectivity index (χ1v) is 9.22. The van der Waals surface area contributed by atoms with E-state index in [4.69, 9.17) is 9.47 Å². The summed E-state index contributed by atoms with van der Waals surface area (Å²) in [4.78, 5) is 8.94. The molecule has 0 saturated heterocycles. The second-order valence-electron chi connectivity index (χ2n) is 6.30. The lowest BCUT2D eigenvalue weighted by Crippen LogP contribution is -1.99. The fraction of sp³-hybridized carbons (Fsp3) is 0.130. The van der Waals surface area contributed by atoms with Crippen LogP contribution in [0.25, 0.3) is 11.0 Å². The first-order chi connectivity index (χ1) is 13.7. The average molecular weight is 408 g/mol. The summed E-state index contributed by atoms with van der Waals surface area (Å²) in [6.45, 7) is 4.49. The Labute approximate surface area is 176 Å². The van der Waals surface area contributed by atoms with Gasteiger partial charge in [-0.15, -0.1) is 12.4 Å². The van der Waals surface area contributed by atoms with Crippen molar-refractivity contribution >= 4 is 34.8 Å². The van der Waals surface area contributed by atoms with Crippen molar-refractivity contribution in [2.75, 3.05) is 11.9 Å². The lowest BCUT2D eigenvalue weighted by Gasteiger charge is -2.13. The van der Waals surface area contributed by atoms with Crippen molar-refractivity contribution in [2.45, 2.75) is 13.8 Å². The third-order valence-corrected chi connectivity index (χ3v) is 4.29. The molecule has 148 valence electrons. The molecule has 0 unspecified atom stereocenters. The molecule has 0 amide bonds. The van der Waals surface area contributed by atoms with Gasteiger partial charge in [0.15, 0.2) is 5.65 Å². The third-order valence-electron chi connectivity index (χ3n) is 4.29. The minimum absolute atomic E-state index is 0. The van der Waals surface area contributed by atoms with Crippen molar-refractivity contribution in [1.29, 1.82) is 0 Å². The number of hydrogen-bond acceptors (Lipinski definition) is 5. The van der Waals surface area contributed by atoms with Gasteiger partial charge in [0, 0.05) is 17.3 Å². The van der Waals surface area contributed by atoms with Crippen LogP contribution in [-0.2, 0) is 0 Å². The van der Waals surface area contributed by atoms with Crippen LogP contribution in [0.1, 0.15) is 12.6 Å². The van der Waals surface area contributed by atoms with E-state index in [1.807, 2.05) is 80.6 Å². The number of para-hydroxylation sites is 1. The molecule has 4 aromatic rings. The Morgan fingerprint density at radius 1 is 0.931 bits per heavy atom. The van der Waals surface area contributed by atoms with Gasteiger partial charge in [-0.25, -0.2) is 9.97 Å². The zero-order valence-corrected chi connectivity index (χ0v) is 17.1. The highest BCUT2D eigenvalue weighted by atomic mass is 35.5. The SMILES string of the molecule is CCOc1cc2c(Nc3ccc(Oc4ccccc4)cc3)ccnc2nc1C.Cl. The molecular weight excluding hydrogens is 386 g/mol. The van der Waals surface area contributed by atoms with Gasteiger partial charge in [-0.05, 0) is 62.4 Å². The molecule has 0 fully saturated rings. The maximum Gasteiger partial charge on any atom is 0.161 e. The van der Waals surface area contributed by atoms with E-state index in [-0.39, 0.29) is 12.4 Å². The minimum Gasteiger partial charge on any atom is -0.492 e. The number of halogens is 1. The second-order valence-corrected chi connectivity index (χ2v) is 6.30. The van der Waals surface area contributed by atoms with Crippen LogP contribution in [0.15, 0.2) is 72.9 Å². The van der Waals surface area contributed by atoms with Crippen LogP contribution in [0.5, 0.6) is 17.2 Å². The van der Waals surface area contributed by atoms with Crippen LogP contribution in [0.4, 0.5) is 11.4 Å². The van der Waals surface area contributed by atoms with E-state index in [2.05, 4.69) is 15.3 Å². The maximum atomic E-state index is 5.85. The predicted molar refractivity (Wildman–Crippen MR) is 119 cm³/mol. The fourth-order valence-electron chi connectivity index (χ4n) is 2.94. The monoisotopic (exact) mass is 407 g/mol. The average Bonchev–Trinajstić information content (AvgIpc) is 2.71. The molecule has 0 bridgehead atoms. The molecule has 2 heterocycles. The normalized spacial score (nSPS) is 10.3. The first-order valence-electron chi connectivity index (χ1n) is 9.22. The van der Waals surface area contributed by atoms with Crippen molar-refractivity contribution in [3.63, 3.8) is 0 Å². The molecule has 0 aliphatic heterocycles. The van der Waals surface area contributed by atoms with Crippen LogP contribution < -0.4 is 14.8 Å². The molecule has 2 aromatic heterocycles. The molecule has 0 atom stereocenters. The molecule has 6 heteroatoms. The standard InChI is InChI=1S/C23H21N3O2.ClH/c1-3-27-22-15-20-21(13-14-24-23(20)25-16(22)2)26-17-9-11-19(12-10-17)28-18-7-5-4-6-8-18;/h4-15H,3H2,1-2H3,(H,24,25,26);1H. The van der Waals surface area contributed by atoms with Gasteiger partial charge in [-0.3, -0.25) is 0 Å². The molecule has 0 aliphatic rings. The summed E-state index contributed by atoms with van der Waals surface area (Å²) in [7, 11) is 0. The number of aryl methyl sites for hydroxylation is 1. The Hall–Kier alpha value is -3.31. The topological polar surface area (TPSA) is 56.3 Å². The highest BCUT2D eigenvalue weighted by Crippen LogP contribution is 2.30. The Kier molecular flexibility index (Phi) is 6.52. The van der Waals surface area contributed by atoms with E-state index in [0.717, 1.165) is 39.7 Å². The first kappa shape index (κ1) is 20.4. The Balaban J connectivity index is 0.00000240. The number of hydrogen-bond donors (Lipinski definition) is 1. The molecule has 0 radical (unpaired) electrons. The highest BCUT2D eigenvalue weighted by molar-refractivity contribution is 5.91. The number of pyridine rings is 2. The molecule has 29 heavy (non-hydrogen) atoms. The van der Waals surface area contributed by atoms with Crippen LogP contribution in [-0.4, -0.2) is 16.6 Å². The van der Waals surface area contributed by atoms with Gasteiger partial charge < -0.3 is 14.8 Å². The summed E-state index contributed by atoms with van der Waals surface area (Å²) in [5, 5.41) is 4.35. The number of aromatic nitrogens is 2. The molecule has 1 N–H and O–H groups in total. The van der Waals surface area contributed by atoms with Crippen molar-refractivity contribution in [3.05, 3.63) is 78.6 Å². The summed E-state index contributed by atoms with van der Waals surface area (Å²) >= 11 is 0. The predicted octanol–water partition coefficient (Wildman–Crippen LogP) is 6.29. The van der Waals surface area contributed by atoms with E-state index in [1.54, 1.807) is 6.20 Å². The highest BCUT2D eigenvalue weighted by Gasteiger charge is 2.09. The van der Waals surface area contributed by atoms with E-state index in [1.165, 1.54) is 0 Å². The smallest absolute Gasteiger partial charge is 0.161 e. The van der Waals surface area contributed by atoms with E-state index in [9.17, 15) is 0 Å². The zero-order chi connectivity index (χ0) is 19.3. The van der Waals surface area contributed by atoms with Crippen molar-refractivity contribution in [2.24, 2.45) is 0 Å². The summed E-state index contributed by atoms with van der Waals surface area (Å²) in [6, 6.07) is 21.5. The van der Waals surface area contributed by atoms with Crippen LogP contribution in [0.2, 0.25) is 0 Å². The van der Waals surface area contributed by atoms with Crippen LogP contribution in [0.3, 0.4) is 0 Å². The van der Waals surface area contributed by atoms with Gasteiger partial charge in [-0.2, -0.15) is 0 Å². The molecular formula is C23H22ClN3O2. The summed E-state index contributed by atoms with van der Waals surface area (Å²) in [6.07, 6.45) is 1.75. The van der Waals surface area contributed by atoms with Crippen molar-refractivity contribution in [1.82, 2.24) is 9.97 Å². The van der Waals surface area contributed by atoms with Crippen molar-refractivity contribution in [3.8, 4) is 17.2 Å². The van der Waals surface area contributed by atoms with Crippen molar-refractivity contribution < 1.29 is 9.47 Å². The van der Waals surface area contributed by atoms with Crippen LogP contribution >= 0.6 is 12.4 Å². The zero-order valence-electron chi connectivity index (χ0n) is 16.3. The summed E-state index contributed by atoms with van der Waals surface area (Å²) in [5.74, 6) is 2.37.